The fourth-order valence-corrected chi connectivity index (χ4v) is 3.99. The van der Waals surface area contributed by atoms with Crippen LogP contribution in [0.25, 0.3) is 0 Å². The molecular weight excluding hydrogens is 356 g/mol. The number of hydrogen-bond acceptors (Lipinski definition) is 4. The summed E-state index contributed by atoms with van der Waals surface area (Å²) in [6.07, 6.45) is 6.71. The smallest absolute Gasteiger partial charge is 0.260 e. The molecule has 0 bridgehead atoms. The molecule has 2 aliphatic heterocycles. The van der Waals surface area contributed by atoms with Crippen LogP contribution in [-0.4, -0.2) is 67.6 Å². The summed E-state index contributed by atoms with van der Waals surface area (Å²) in [5, 5.41) is 0. The highest BCUT2D eigenvalue weighted by atomic mass is 16.5. The summed E-state index contributed by atoms with van der Waals surface area (Å²) in [4.78, 5) is 28.8. The van der Waals surface area contributed by atoms with E-state index in [4.69, 9.17) is 9.47 Å². The minimum atomic E-state index is -0.0246. The van der Waals surface area contributed by atoms with Crippen molar-refractivity contribution < 1.29 is 19.1 Å². The summed E-state index contributed by atoms with van der Waals surface area (Å²) in [5.74, 6) is 0.978. The van der Waals surface area contributed by atoms with Gasteiger partial charge in [-0.3, -0.25) is 9.59 Å². The van der Waals surface area contributed by atoms with Crippen molar-refractivity contribution in [3.63, 3.8) is 0 Å². The molecule has 1 saturated heterocycles. The van der Waals surface area contributed by atoms with Gasteiger partial charge in [0.1, 0.15) is 12.4 Å². The topological polar surface area (TPSA) is 59.1 Å². The number of allylic oxidation sites excluding steroid dienone is 2. The van der Waals surface area contributed by atoms with E-state index in [1.807, 2.05) is 48.0 Å². The molecule has 0 N–H and O–H groups in total. The van der Waals surface area contributed by atoms with Gasteiger partial charge in [0, 0.05) is 38.7 Å². The van der Waals surface area contributed by atoms with Crippen molar-refractivity contribution in [2.24, 2.45) is 5.92 Å². The summed E-state index contributed by atoms with van der Waals surface area (Å²) < 4.78 is 11.1. The van der Waals surface area contributed by atoms with Crippen LogP contribution in [0.2, 0.25) is 0 Å². The fraction of sp³-hybridized carbons (Fsp3) is 0.545. The highest BCUT2D eigenvalue weighted by molar-refractivity contribution is 5.79. The Bertz CT molecular complexity index is 718. The highest BCUT2D eigenvalue weighted by Crippen LogP contribution is 2.27. The van der Waals surface area contributed by atoms with Gasteiger partial charge in [-0.05, 0) is 37.8 Å². The molecule has 0 saturated carbocycles. The summed E-state index contributed by atoms with van der Waals surface area (Å²) in [6, 6.07) is 7.94. The van der Waals surface area contributed by atoms with E-state index in [1.54, 1.807) is 0 Å². The number of piperidine rings is 1. The second kappa shape index (κ2) is 9.73. The van der Waals surface area contributed by atoms with Crippen molar-refractivity contribution in [3.05, 3.63) is 42.0 Å². The van der Waals surface area contributed by atoms with Crippen molar-refractivity contribution in [3.8, 4) is 5.75 Å². The molecule has 0 radical (unpaired) electrons. The number of carbonyl (C=O) groups excluding carboxylic acids is 2. The molecule has 6 heteroatoms. The SMILES string of the molecule is CCOCC(=O)N1CC[C@@H]2[C@@H](C/C=C/Cc3ccccc3OCC(=O)N2C)C1. The largest absolute Gasteiger partial charge is 0.483 e. The molecule has 1 aromatic carbocycles. The molecule has 28 heavy (non-hydrogen) atoms. The third-order valence-corrected chi connectivity index (χ3v) is 5.63. The lowest BCUT2D eigenvalue weighted by Crippen LogP contribution is -2.54. The number of amides is 2. The molecule has 0 aromatic heterocycles. The predicted molar refractivity (Wildman–Crippen MR) is 107 cm³/mol. The number of hydrogen-bond donors (Lipinski definition) is 0. The molecular formula is C22H30N2O4. The minimum Gasteiger partial charge on any atom is -0.483 e. The van der Waals surface area contributed by atoms with Crippen LogP contribution in [0.3, 0.4) is 0 Å². The number of rotatable bonds is 3. The Hall–Kier alpha value is -2.34. The summed E-state index contributed by atoms with van der Waals surface area (Å²) in [7, 11) is 1.85. The average molecular weight is 386 g/mol. The van der Waals surface area contributed by atoms with Crippen molar-refractivity contribution >= 4 is 11.8 Å². The maximum absolute atomic E-state index is 12.7. The summed E-state index contributed by atoms with van der Waals surface area (Å²) >= 11 is 0. The van der Waals surface area contributed by atoms with Crippen LogP contribution in [-0.2, 0) is 20.7 Å². The van der Waals surface area contributed by atoms with Gasteiger partial charge in [-0.1, -0.05) is 30.4 Å². The standard InChI is InChI=1S/C22H30N2O4/c1-3-27-15-22(26)24-13-12-19-18(14-24)10-5-4-8-17-9-6-7-11-20(17)28-16-21(25)23(19)2/h4-7,9,11,18-19H,3,8,10,12-16H2,1-2H3/b5-4+/t18-,19+/m0/s1. The van der Waals surface area contributed by atoms with Crippen molar-refractivity contribution in [2.45, 2.75) is 32.2 Å². The predicted octanol–water partition coefficient (Wildman–Crippen LogP) is 2.28. The molecule has 152 valence electrons. The van der Waals surface area contributed by atoms with Crippen LogP contribution in [0, 0.1) is 5.92 Å². The van der Waals surface area contributed by atoms with Crippen LogP contribution in [0.5, 0.6) is 5.75 Å². The van der Waals surface area contributed by atoms with E-state index in [-0.39, 0.29) is 37.0 Å². The van der Waals surface area contributed by atoms with Gasteiger partial charge in [-0.25, -0.2) is 0 Å². The van der Waals surface area contributed by atoms with Gasteiger partial charge < -0.3 is 19.3 Å². The second-order valence-electron chi connectivity index (χ2n) is 7.41. The van der Waals surface area contributed by atoms with E-state index >= 15 is 0 Å². The molecule has 6 nitrogen and oxygen atoms in total. The van der Waals surface area contributed by atoms with Crippen LogP contribution >= 0.6 is 0 Å². The van der Waals surface area contributed by atoms with Gasteiger partial charge in [-0.15, -0.1) is 0 Å². The lowest BCUT2D eigenvalue weighted by Gasteiger charge is -2.42. The van der Waals surface area contributed by atoms with Crippen molar-refractivity contribution in [1.29, 1.82) is 0 Å². The first-order valence-corrected chi connectivity index (χ1v) is 10.1. The van der Waals surface area contributed by atoms with Crippen LogP contribution in [0.15, 0.2) is 36.4 Å². The zero-order valence-corrected chi connectivity index (χ0v) is 16.8. The number of likely N-dealkylation sites (tertiary alicyclic amines) is 1. The first-order chi connectivity index (χ1) is 13.6. The zero-order chi connectivity index (χ0) is 19.9. The lowest BCUT2D eigenvalue weighted by atomic mass is 9.87. The first kappa shape index (κ1) is 20.4. The first-order valence-electron chi connectivity index (χ1n) is 10.1. The maximum atomic E-state index is 12.7. The molecule has 3 rings (SSSR count). The van der Waals surface area contributed by atoms with E-state index in [0.717, 1.165) is 30.6 Å². The Labute approximate surface area is 167 Å². The maximum Gasteiger partial charge on any atom is 0.260 e. The molecule has 1 aromatic rings. The van der Waals surface area contributed by atoms with Gasteiger partial charge in [-0.2, -0.15) is 0 Å². The van der Waals surface area contributed by atoms with Crippen LogP contribution in [0.4, 0.5) is 0 Å². The number of ether oxygens (including phenoxy) is 2. The lowest BCUT2D eigenvalue weighted by molar-refractivity contribution is -0.141. The molecule has 2 aliphatic rings. The normalized spacial score (nSPS) is 24.3. The summed E-state index contributed by atoms with van der Waals surface area (Å²) in [6.45, 7) is 3.88. The van der Waals surface area contributed by atoms with Crippen LogP contribution in [0.1, 0.15) is 25.3 Å². The number of fused-ring (bicyclic) bond motifs is 2. The van der Waals surface area contributed by atoms with Gasteiger partial charge in [0.15, 0.2) is 6.61 Å². The van der Waals surface area contributed by atoms with Gasteiger partial charge in [0.25, 0.3) is 5.91 Å². The monoisotopic (exact) mass is 386 g/mol. The Kier molecular flexibility index (Phi) is 7.09. The highest BCUT2D eigenvalue weighted by Gasteiger charge is 2.35. The number of likely N-dealkylation sites (N-methyl/N-ethyl adjacent to an activating group) is 1. The van der Waals surface area contributed by atoms with Gasteiger partial charge >= 0.3 is 0 Å². The van der Waals surface area contributed by atoms with Crippen LogP contribution < -0.4 is 4.74 Å². The number of para-hydroxylation sites is 1. The molecule has 2 atom stereocenters. The van der Waals surface area contributed by atoms with E-state index < -0.39 is 0 Å². The van der Waals surface area contributed by atoms with E-state index in [9.17, 15) is 9.59 Å². The van der Waals surface area contributed by atoms with E-state index in [0.29, 0.717) is 19.7 Å². The molecule has 1 fully saturated rings. The zero-order valence-electron chi connectivity index (χ0n) is 16.8. The Balaban J connectivity index is 1.75. The minimum absolute atomic E-state index is 0.0246. The molecule has 0 aliphatic carbocycles. The number of benzene rings is 1. The number of carbonyl (C=O) groups is 2. The summed E-state index contributed by atoms with van der Waals surface area (Å²) in [5.41, 5.74) is 1.07. The molecule has 0 spiro atoms. The van der Waals surface area contributed by atoms with E-state index in [2.05, 4.69) is 12.2 Å². The Morgan fingerprint density at radius 1 is 1.29 bits per heavy atom. The average Bonchev–Trinajstić information content (AvgIpc) is 2.72. The second-order valence-corrected chi connectivity index (χ2v) is 7.41. The van der Waals surface area contributed by atoms with Gasteiger partial charge in [0.2, 0.25) is 5.91 Å². The van der Waals surface area contributed by atoms with Gasteiger partial charge in [0.05, 0.1) is 0 Å². The van der Waals surface area contributed by atoms with Crippen molar-refractivity contribution in [2.75, 3.05) is 40.0 Å². The quantitative estimate of drug-likeness (QED) is 0.748. The van der Waals surface area contributed by atoms with E-state index in [1.165, 1.54) is 0 Å². The molecule has 0 unspecified atom stereocenters. The Morgan fingerprint density at radius 3 is 2.93 bits per heavy atom. The molecule has 2 heterocycles. The molecule has 2 amide bonds. The Morgan fingerprint density at radius 2 is 2.11 bits per heavy atom. The van der Waals surface area contributed by atoms with Crippen molar-refractivity contribution in [1.82, 2.24) is 9.80 Å². The number of nitrogens with zero attached hydrogens (tertiary/aromatic N) is 2. The fourth-order valence-electron chi connectivity index (χ4n) is 3.99. The third-order valence-electron chi connectivity index (χ3n) is 5.63. The third kappa shape index (κ3) is 4.93.